The molecule has 4 rings (SSSR count). The number of rotatable bonds is 2. The van der Waals surface area contributed by atoms with Crippen molar-refractivity contribution < 1.29 is 13.2 Å². The van der Waals surface area contributed by atoms with Gasteiger partial charge in [-0.3, -0.25) is 4.79 Å². The molecule has 0 bridgehead atoms. The van der Waals surface area contributed by atoms with Gasteiger partial charge in [0.15, 0.2) is 0 Å². The molecule has 0 fully saturated rings. The fourth-order valence-electron chi connectivity index (χ4n) is 3.70. The summed E-state index contributed by atoms with van der Waals surface area (Å²) in [6.45, 7) is 5.04. The third kappa shape index (κ3) is 3.39. The fourth-order valence-corrected chi connectivity index (χ4v) is 6.23. The van der Waals surface area contributed by atoms with E-state index in [1.165, 1.54) is 16.8 Å². The summed E-state index contributed by atoms with van der Waals surface area (Å²) >= 11 is 1.68. The van der Waals surface area contributed by atoms with Crippen molar-refractivity contribution in [3.05, 3.63) is 53.6 Å². The maximum absolute atomic E-state index is 13.2. The van der Waals surface area contributed by atoms with Crippen LogP contribution in [0.4, 0.5) is 5.69 Å². The van der Waals surface area contributed by atoms with Gasteiger partial charge in [0, 0.05) is 36.7 Å². The van der Waals surface area contributed by atoms with Gasteiger partial charge in [-0.25, -0.2) is 8.42 Å². The number of anilines is 1. The number of carbonyl (C=O) groups excluding carboxylic acids is 1. The Hall–Kier alpha value is -1.83. The van der Waals surface area contributed by atoms with E-state index < -0.39 is 10.0 Å². The summed E-state index contributed by atoms with van der Waals surface area (Å²) in [5.41, 5.74) is 2.96. The molecule has 1 atom stereocenters. The Kier molecular flexibility index (Phi) is 4.78. The number of carbonyl (C=O) groups is 1. The second kappa shape index (κ2) is 6.96. The first-order chi connectivity index (χ1) is 12.9. The molecule has 0 saturated carbocycles. The minimum Gasteiger partial charge on any atom is -0.310 e. The van der Waals surface area contributed by atoms with Crippen LogP contribution in [0.3, 0.4) is 0 Å². The van der Waals surface area contributed by atoms with Crippen LogP contribution in [-0.2, 0) is 27.8 Å². The monoisotopic (exact) mass is 402 g/mol. The zero-order valence-corrected chi connectivity index (χ0v) is 17.0. The number of sulfonamides is 1. The van der Waals surface area contributed by atoms with Crippen molar-refractivity contribution in [3.8, 4) is 0 Å². The number of thioether (sulfide) groups is 1. The largest absolute Gasteiger partial charge is 0.310 e. The molecule has 0 N–H and O–H groups in total. The van der Waals surface area contributed by atoms with Gasteiger partial charge in [-0.1, -0.05) is 31.2 Å². The van der Waals surface area contributed by atoms with E-state index in [1.54, 1.807) is 28.8 Å². The summed E-state index contributed by atoms with van der Waals surface area (Å²) in [5, 5.41) is 0.280. The SMILES string of the molecule is CC(=O)N1CC(C)Sc2ccc(S(=O)(=O)N3CCc4ccccc4C3)cc21. The topological polar surface area (TPSA) is 57.7 Å². The number of hydrogen-bond acceptors (Lipinski definition) is 4. The summed E-state index contributed by atoms with van der Waals surface area (Å²) in [5.74, 6) is -0.0650. The highest BCUT2D eigenvalue weighted by Crippen LogP contribution is 2.40. The molecule has 1 unspecified atom stereocenters. The molecule has 7 heteroatoms. The second-order valence-corrected chi connectivity index (χ2v) is 10.5. The van der Waals surface area contributed by atoms with E-state index in [1.807, 2.05) is 24.3 Å². The van der Waals surface area contributed by atoms with E-state index in [0.29, 0.717) is 31.7 Å². The molecule has 0 saturated heterocycles. The van der Waals surface area contributed by atoms with Gasteiger partial charge >= 0.3 is 0 Å². The molecular weight excluding hydrogens is 380 g/mol. The Bertz CT molecular complexity index is 1000. The molecule has 5 nitrogen and oxygen atoms in total. The van der Waals surface area contributed by atoms with Gasteiger partial charge in [0.05, 0.1) is 10.6 Å². The molecule has 2 aliphatic rings. The summed E-state index contributed by atoms with van der Waals surface area (Å²) in [6, 6.07) is 13.1. The van der Waals surface area contributed by atoms with Crippen molar-refractivity contribution >= 4 is 33.4 Å². The zero-order chi connectivity index (χ0) is 19.2. The van der Waals surface area contributed by atoms with Crippen molar-refractivity contribution in [3.63, 3.8) is 0 Å². The minimum atomic E-state index is -3.61. The lowest BCUT2D eigenvalue weighted by atomic mass is 10.0. The van der Waals surface area contributed by atoms with Gasteiger partial charge in [0.1, 0.15) is 0 Å². The number of amides is 1. The molecule has 0 spiro atoms. The molecule has 142 valence electrons. The summed E-state index contributed by atoms with van der Waals surface area (Å²) in [6.07, 6.45) is 0.716. The average Bonchev–Trinajstić information content (AvgIpc) is 2.66. The highest BCUT2D eigenvalue weighted by molar-refractivity contribution is 8.00. The highest BCUT2D eigenvalue weighted by atomic mass is 32.2. The van der Waals surface area contributed by atoms with Crippen LogP contribution in [0.1, 0.15) is 25.0 Å². The molecule has 0 aliphatic carbocycles. The Morgan fingerprint density at radius 1 is 1.15 bits per heavy atom. The Balaban J connectivity index is 1.69. The molecule has 27 heavy (non-hydrogen) atoms. The van der Waals surface area contributed by atoms with Crippen molar-refractivity contribution in [1.82, 2.24) is 4.31 Å². The van der Waals surface area contributed by atoms with E-state index in [4.69, 9.17) is 0 Å². The van der Waals surface area contributed by atoms with Crippen molar-refractivity contribution in [2.45, 2.75) is 41.9 Å². The van der Waals surface area contributed by atoms with E-state index in [-0.39, 0.29) is 16.1 Å². The zero-order valence-electron chi connectivity index (χ0n) is 15.4. The minimum absolute atomic E-state index is 0.0650. The summed E-state index contributed by atoms with van der Waals surface area (Å²) in [4.78, 5) is 14.9. The average molecular weight is 403 g/mol. The first kappa shape index (κ1) is 18.5. The van der Waals surface area contributed by atoms with Crippen LogP contribution >= 0.6 is 11.8 Å². The second-order valence-electron chi connectivity index (χ2n) is 7.04. The van der Waals surface area contributed by atoms with Gasteiger partial charge in [0.2, 0.25) is 15.9 Å². The smallest absolute Gasteiger partial charge is 0.243 e. The number of benzene rings is 2. The van der Waals surface area contributed by atoms with Crippen molar-refractivity contribution in [2.75, 3.05) is 18.0 Å². The van der Waals surface area contributed by atoms with E-state index >= 15 is 0 Å². The first-order valence-corrected chi connectivity index (χ1v) is 11.3. The van der Waals surface area contributed by atoms with Gasteiger partial charge in [-0.2, -0.15) is 4.31 Å². The van der Waals surface area contributed by atoms with Crippen LogP contribution in [0.5, 0.6) is 0 Å². The van der Waals surface area contributed by atoms with Crippen molar-refractivity contribution in [1.29, 1.82) is 0 Å². The predicted molar refractivity (Wildman–Crippen MR) is 108 cm³/mol. The molecule has 2 aromatic rings. The lowest BCUT2D eigenvalue weighted by Crippen LogP contribution is -2.38. The Morgan fingerprint density at radius 3 is 2.63 bits per heavy atom. The lowest BCUT2D eigenvalue weighted by Gasteiger charge is -2.33. The first-order valence-electron chi connectivity index (χ1n) is 9.02. The third-order valence-corrected chi connectivity index (χ3v) is 8.09. The van der Waals surface area contributed by atoms with Gasteiger partial charge in [-0.15, -0.1) is 11.8 Å². The molecule has 1 amide bonds. The summed E-state index contributed by atoms with van der Waals surface area (Å²) < 4.78 is 28.0. The van der Waals surface area contributed by atoms with E-state index in [9.17, 15) is 13.2 Å². The molecule has 0 radical (unpaired) electrons. The fraction of sp³-hybridized carbons (Fsp3) is 0.350. The quantitative estimate of drug-likeness (QED) is 0.774. The predicted octanol–water partition coefficient (Wildman–Crippen LogP) is 3.28. The number of hydrogen-bond donors (Lipinski definition) is 0. The van der Waals surface area contributed by atoms with Gasteiger partial charge < -0.3 is 4.90 Å². The van der Waals surface area contributed by atoms with Gasteiger partial charge in [-0.05, 0) is 35.7 Å². The van der Waals surface area contributed by atoms with Gasteiger partial charge in [0.25, 0.3) is 0 Å². The molecule has 2 heterocycles. The highest BCUT2D eigenvalue weighted by Gasteiger charge is 2.31. The van der Waals surface area contributed by atoms with E-state index in [0.717, 1.165) is 10.5 Å². The van der Waals surface area contributed by atoms with Crippen LogP contribution in [0.15, 0.2) is 52.3 Å². The summed E-state index contributed by atoms with van der Waals surface area (Å²) in [7, 11) is -3.61. The normalized spacial score (nSPS) is 20.1. The lowest BCUT2D eigenvalue weighted by molar-refractivity contribution is -0.116. The van der Waals surface area contributed by atoms with Crippen LogP contribution in [0.2, 0.25) is 0 Å². The van der Waals surface area contributed by atoms with Crippen LogP contribution in [0.25, 0.3) is 0 Å². The van der Waals surface area contributed by atoms with E-state index in [2.05, 4.69) is 13.0 Å². The Labute approximate surface area is 164 Å². The number of fused-ring (bicyclic) bond motifs is 2. The number of nitrogens with zero attached hydrogens (tertiary/aromatic N) is 2. The molecule has 0 aromatic heterocycles. The molecular formula is C20H22N2O3S2. The van der Waals surface area contributed by atoms with Crippen LogP contribution in [-0.4, -0.2) is 37.0 Å². The van der Waals surface area contributed by atoms with Crippen LogP contribution < -0.4 is 4.90 Å². The molecule has 2 aromatic carbocycles. The van der Waals surface area contributed by atoms with Crippen molar-refractivity contribution in [2.24, 2.45) is 0 Å². The maximum Gasteiger partial charge on any atom is 0.243 e. The molecule has 2 aliphatic heterocycles. The maximum atomic E-state index is 13.2. The Morgan fingerprint density at radius 2 is 1.89 bits per heavy atom. The van der Waals surface area contributed by atoms with Crippen LogP contribution in [0, 0.1) is 0 Å². The standard InChI is InChI=1S/C20H22N2O3S2/c1-14-12-22(15(2)23)19-11-18(7-8-20(19)26-14)27(24,25)21-10-9-16-5-3-4-6-17(16)13-21/h3-8,11,14H,9-10,12-13H2,1-2H3. The third-order valence-electron chi connectivity index (χ3n) is 5.10.